The summed E-state index contributed by atoms with van der Waals surface area (Å²) in [5, 5.41) is 5.35. The van der Waals surface area contributed by atoms with E-state index in [1.807, 2.05) is 18.2 Å². The average molecular weight is 302 g/mol. The van der Waals surface area contributed by atoms with Gasteiger partial charge in [-0.2, -0.15) is 0 Å². The highest BCUT2D eigenvalue weighted by molar-refractivity contribution is 5.98. The van der Waals surface area contributed by atoms with E-state index in [2.05, 4.69) is 10.6 Å². The maximum Gasteiger partial charge on any atom is 0.335 e. The number of para-hydroxylation sites is 1. The molecule has 0 radical (unpaired) electrons. The van der Waals surface area contributed by atoms with Gasteiger partial charge in [0.15, 0.2) is 0 Å². The lowest BCUT2D eigenvalue weighted by molar-refractivity contribution is -0.137. The number of methoxy groups -OCH3 is 1. The van der Waals surface area contributed by atoms with Crippen molar-refractivity contribution >= 4 is 23.5 Å². The number of hydrogen-bond acceptors (Lipinski definition) is 4. The third-order valence-corrected chi connectivity index (χ3v) is 3.51. The lowest BCUT2D eigenvalue weighted by atomic mass is 9.90. The molecule has 1 atom stereocenters. The maximum atomic E-state index is 12.0. The van der Waals surface area contributed by atoms with Gasteiger partial charge in [0, 0.05) is 17.8 Å². The van der Waals surface area contributed by atoms with Crippen molar-refractivity contribution in [2.75, 3.05) is 12.4 Å². The fourth-order valence-corrected chi connectivity index (χ4v) is 2.34. The van der Waals surface area contributed by atoms with Gasteiger partial charge in [-0.15, -0.1) is 0 Å². The fourth-order valence-electron chi connectivity index (χ4n) is 2.34. The zero-order valence-corrected chi connectivity index (χ0v) is 12.5. The minimum absolute atomic E-state index is 0.00843. The van der Waals surface area contributed by atoms with Gasteiger partial charge in [-0.05, 0) is 25.5 Å². The van der Waals surface area contributed by atoms with E-state index in [1.165, 1.54) is 7.11 Å². The number of nitrogens with one attached hydrogen (secondary N) is 2. The third-order valence-electron chi connectivity index (χ3n) is 3.51. The number of rotatable bonds is 4. The molecule has 2 N–H and O–H groups in total. The quantitative estimate of drug-likeness (QED) is 0.827. The zero-order valence-electron chi connectivity index (χ0n) is 12.5. The number of esters is 1. The van der Waals surface area contributed by atoms with E-state index in [0.717, 1.165) is 0 Å². The van der Waals surface area contributed by atoms with E-state index in [9.17, 15) is 14.4 Å². The Morgan fingerprint density at radius 1 is 1.32 bits per heavy atom. The number of benzene rings is 1. The van der Waals surface area contributed by atoms with E-state index >= 15 is 0 Å². The number of anilines is 1. The molecule has 0 aliphatic carbocycles. The minimum atomic E-state index is -0.582. The molecule has 0 fully saturated rings. The summed E-state index contributed by atoms with van der Waals surface area (Å²) in [5.74, 6) is -1.59. The van der Waals surface area contributed by atoms with E-state index in [-0.39, 0.29) is 24.7 Å². The molecule has 2 rings (SSSR count). The van der Waals surface area contributed by atoms with Crippen LogP contribution in [-0.2, 0) is 19.1 Å². The third kappa shape index (κ3) is 3.72. The van der Waals surface area contributed by atoms with Crippen LogP contribution in [0.15, 0.2) is 41.6 Å². The van der Waals surface area contributed by atoms with Crippen molar-refractivity contribution in [3.05, 3.63) is 41.6 Å². The Hall–Kier alpha value is -2.63. The molecule has 0 bridgehead atoms. The Morgan fingerprint density at radius 2 is 2.00 bits per heavy atom. The highest BCUT2D eigenvalue weighted by Crippen LogP contribution is 2.24. The van der Waals surface area contributed by atoms with Gasteiger partial charge in [0.2, 0.25) is 11.8 Å². The van der Waals surface area contributed by atoms with Gasteiger partial charge in [0.1, 0.15) is 0 Å². The second-order valence-corrected chi connectivity index (χ2v) is 5.10. The first-order valence-electron chi connectivity index (χ1n) is 6.95. The van der Waals surface area contributed by atoms with E-state index < -0.39 is 11.9 Å². The highest BCUT2D eigenvalue weighted by Gasteiger charge is 2.31. The van der Waals surface area contributed by atoms with Gasteiger partial charge in [-0.1, -0.05) is 18.2 Å². The zero-order chi connectivity index (χ0) is 16.1. The Bertz CT molecular complexity index is 622. The van der Waals surface area contributed by atoms with Crippen LogP contribution in [0.5, 0.6) is 0 Å². The summed E-state index contributed by atoms with van der Waals surface area (Å²) in [6.07, 6.45) is 0.209. The van der Waals surface area contributed by atoms with E-state index in [1.54, 1.807) is 19.1 Å². The van der Waals surface area contributed by atoms with E-state index in [4.69, 9.17) is 4.74 Å². The van der Waals surface area contributed by atoms with Gasteiger partial charge in [-0.25, -0.2) is 4.79 Å². The Labute approximate surface area is 128 Å². The number of hydrogen-bond donors (Lipinski definition) is 2. The standard InChI is InChI=1S/C16H18N2O4/c1-10-13(16(21)22-2)8-11(15(20)17-10)9-14(19)18-12-6-4-3-5-7-12/h3-7,11H,8-9H2,1-2H3,(H,17,20)(H,18,19). The molecule has 116 valence electrons. The number of carbonyl (C=O) groups is 3. The summed E-state index contributed by atoms with van der Waals surface area (Å²) < 4.78 is 4.70. The van der Waals surface area contributed by atoms with Crippen molar-refractivity contribution in [2.45, 2.75) is 19.8 Å². The highest BCUT2D eigenvalue weighted by atomic mass is 16.5. The van der Waals surface area contributed by atoms with Crippen LogP contribution >= 0.6 is 0 Å². The monoisotopic (exact) mass is 302 g/mol. The number of allylic oxidation sites excluding steroid dienone is 1. The Morgan fingerprint density at radius 3 is 2.64 bits per heavy atom. The molecule has 1 unspecified atom stereocenters. The molecule has 1 heterocycles. The van der Waals surface area contributed by atoms with Crippen LogP contribution in [0.25, 0.3) is 0 Å². The minimum Gasteiger partial charge on any atom is -0.466 e. The van der Waals surface area contributed by atoms with Gasteiger partial charge in [0.05, 0.1) is 18.6 Å². The van der Waals surface area contributed by atoms with Crippen molar-refractivity contribution in [3.8, 4) is 0 Å². The normalized spacial score (nSPS) is 17.7. The molecule has 2 amide bonds. The number of carbonyl (C=O) groups excluding carboxylic acids is 3. The number of amides is 2. The van der Waals surface area contributed by atoms with Crippen LogP contribution in [0.2, 0.25) is 0 Å². The molecule has 1 aromatic rings. The van der Waals surface area contributed by atoms with Gasteiger partial charge < -0.3 is 15.4 Å². The topological polar surface area (TPSA) is 84.5 Å². The summed E-state index contributed by atoms with van der Waals surface area (Å²) in [4.78, 5) is 35.7. The van der Waals surface area contributed by atoms with Crippen molar-refractivity contribution < 1.29 is 19.1 Å². The first-order chi connectivity index (χ1) is 10.5. The van der Waals surface area contributed by atoms with Crippen molar-refractivity contribution in [1.82, 2.24) is 5.32 Å². The molecule has 0 saturated carbocycles. The van der Waals surface area contributed by atoms with Crippen LogP contribution < -0.4 is 10.6 Å². The molecule has 0 aromatic heterocycles. The Balaban J connectivity index is 2.02. The predicted molar refractivity (Wildman–Crippen MR) is 80.7 cm³/mol. The second-order valence-electron chi connectivity index (χ2n) is 5.10. The van der Waals surface area contributed by atoms with Gasteiger partial charge in [-0.3, -0.25) is 9.59 Å². The lowest BCUT2D eigenvalue weighted by Gasteiger charge is -2.24. The summed E-state index contributed by atoms with van der Waals surface area (Å²) in [6, 6.07) is 9.00. The fraction of sp³-hybridized carbons (Fsp3) is 0.312. The summed E-state index contributed by atoms with van der Waals surface area (Å²) in [5.41, 5.74) is 1.56. The first kappa shape index (κ1) is 15.8. The van der Waals surface area contributed by atoms with Crippen molar-refractivity contribution in [3.63, 3.8) is 0 Å². The van der Waals surface area contributed by atoms with Crippen LogP contribution in [0.1, 0.15) is 19.8 Å². The molecule has 22 heavy (non-hydrogen) atoms. The van der Waals surface area contributed by atoms with E-state index in [0.29, 0.717) is 17.0 Å². The molecule has 0 spiro atoms. The molecule has 0 saturated heterocycles. The van der Waals surface area contributed by atoms with Crippen LogP contribution in [0, 0.1) is 5.92 Å². The smallest absolute Gasteiger partial charge is 0.335 e. The summed E-state index contributed by atoms with van der Waals surface area (Å²) >= 11 is 0. The van der Waals surface area contributed by atoms with Gasteiger partial charge in [0.25, 0.3) is 0 Å². The molecule has 6 heteroatoms. The van der Waals surface area contributed by atoms with Crippen molar-refractivity contribution in [1.29, 1.82) is 0 Å². The maximum absolute atomic E-state index is 12.0. The molecular formula is C16H18N2O4. The Kier molecular flexibility index (Phi) is 4.93. The molecule has 6 nitrogen and oxygen atoms in total. The van der Waals surface area contributed by atoms with Crippen LogP contribution in [0.3, 0.4) is 0 Å². The second kappa shape index (κ2) is 6.89. The van der Waals surface area contributed by atoms with Crippen LogP contribution in [-0.4, -0.2) is 24.9 Å². The van der Waals surface area contributed by atoms with Crippen molar-refractivity contribution in [2.24, 2.45) is 5.92 Å². The number of ether oxygens (including phenoxy) is 1. The molecule has 1 aliphatic rings. The predicted octanol–water partition coefficient (Wildman–Crippen LogP) is 1.60. The SMILES string of the molecule is COC(=O)C1=C(C)NC(=O)C(CC(=O)Nc2ccccc2)C1. The first-order valence-corrected chi connectivity index (χ1v) is 6.95. The van der Waals surface area contributed by atoms with Crippen LogP contribution in [0.4, 0.5) is 5.69 Å². The molecular weight excluding hydrogens is 284 g/mol. The largest absolute Gasteiger partial charge is 0.466 e. The molecule has 1 aliphatic heterocycles. The van der Waals surface area contributed by atoms with Gasteiger partial charge >= 0.3 is 5.97 Å². The summed E-state index contributed by atoms with van der Waals surface area (Å²) in [6.45, 7) is 1.64. The summed E-state index contributed by atoms with van der Waals surface area (Å²) in [7, 11) is 1.29. The average Bonchev–Trinajstić information content (AvgIpc) is 2.50. The lowest BCUT2D eigenvalue weighted by Crippen LogP contribution is -2.38. The molecule has 1 aromatic carbocycles.